The molecule has 2 heteroatoms. The maximum absolute atomic E-state index is 6.27. The highest BCUT2D eigenvalue weighted by atomic mass is 35.5. The predicted molar refractivity (Wildman–Crippen MR) is 64.3 cm³/mol. The zero-order chi connectivity index (χ0) is 10.8. The number of nitrogens with zero attached hydrogens (tertiary/aromatic N) is 1. The summed E-state index contributed by atoms with van der Waals surface area (Å²) in [6, 6.07) is 4.32. The second-order valence-corrected chi connectivity index (χ2v) is 5.32. The lowest BCUT2D eigenvalue weighted by atomic mass is 9.94. The minimum atomic E-state index is 0.189. The molecule has 1 nitrogen and oxygen atoms in total. The van der Waals surface area contributed by atoms with Crippen LogP contribution >= 0.6 is 11.6 Å². The molecule has 1 aromatic rings. The molecule has 0 saturated heterocycles. The van der Waals surface area contributed by atoms with Crippen LogP contribution in [0.4, 0.5) is 0 Å². The largest absolute Gasteiger partial charge is 0.258 e. The Labute approximate surface area is 96.9 Å². The molecule has 1 aliphatic rings. The molecule has 1 heterocycles. The standard InChI is InChI=1S/C13H18ClN/c1-9(2)8-10-6-7-11-12(14)4-3-5-13(11)15-10/h6-7,9,12H,3-5,8H2,1-2H3. The highest BCUT2D eigenvalue weighted by Gasteiger charge is 2.19. The van der Waals surface area contributed by atoms with Crippen molar-refractivity contribution in [3.8, 4) is 0 Å². The Morgan fingerprint density at radius 3 is 3.00 bits per heavy atom. The second kappa shape index (κ2) is 4.52. The van der Waals surface area contributed by atoms with Crippen LogP contribution in [0.15, 0.2) is 12.1 Å². The molecule has 15 heavy (non-hydrogen) atoms. The monoisotopic (exact) mass is 223 g/mol. The maximum atomic E-state index is 6.27. The van der Waals surface area contributed by atoms with Crippen LogP contribution < -0.4 is 0 Å². The molecular weight excluding hydrogens is 206 g/mol. The molecule has 0 aromatic carbocycles. The number of hydrogen-bond donors (Lipinski definition) is 0. The summed E-state index contributed by atoms with van der Waals surface area (Å²) in [5.41, 5.74) is 3.71. The Hall–Kier alpha value is -0.560. The molecule has 1 aliphatic carbocycles. The number of halogens is 1. The Morgan fingerprint density at radius 2 is 2.27 bits per heavy atom. The van der Waals surface area contributed by atoms with Crippen molar-refractivity contribution in [3.05, 3.63) is 29.1 Å². The average Bonchev–Trinajstić information content (AvgIpc) is 2.17. The van der Waals surface area contributed by atoms with Crippen molar-refractivity contribution in [1.29, 1.82) is 0 Å². The van der Waals surface area contributed by atoms with E-state index >= 15 is 0 Å². The zero-order valence-corrected chi connectivity index (χ0v) is 10.2. The Bertz CT molecular complexity index is 346. The van der Waals surface area contributed by atoms with Crippen LogP contribution in [0.3, 0.4) is 0 Å². The van der Waals surface area contributed by atoms with E-state index < -0.39 is 0 Å². The topological polar surface area (TPSA) is 12.9 Å². The lowest BCUT2D eigenvalue weighted by molar-refractivity contribution is 0.614. The summed E-state index contributed by atoms with van der Waals surface area (Å²) in [7, 11) is 0. The highest BCUT2D eigenvalue weighted by molar-refractivity contribution is 6.20. The summed E-state index contributed by atoms with van der Waals surface area (Å²) >= 11 is 6.27. The summed E-state index contributed by atoms with van der Waals surface area (Å²) in [4.78, 5) is 4.72. The van der Waals surface area contributed by atoms with Gasteiger partial charge < -0.3 is 0 Å². The fraction of sp³-hybridized carbons (Fsp3) is 0.615. The first-order valence-corrected chi connectivity index (χ1v) is 6.23. The molecule has 0 saturated carbocycles. The summed E-state index contributed by atoms with van der Waals surface area (Å²) < 4.78 is 0. The van der Waals surface area contributed by atoms with Crippen molar-refractivity contribution in [2.75, 3.05) is 0 Å². The van der Waals surface area contributed by atoms with E-state index in [2.05, 4.69) is 26.0 Å². The Kier molecular flexibility index (Phi) is 3.30. The van der Waals surface area contributed by atoms with Crippen LogP contribution in [0.25, 0.3) is 0 Å². The average molecular weight is 224 g/mol. The van der Waals surface area contributed by atoms with Gasteiger partial charge in [0, 0.05) is 11.4 Å². The number of rotatable bonds is 2. The third-order valence-corrected chi connectivity index (χ3v) is 3.35. The minimum absolute atomic E-state index is 0.189. The van der Waals surface area contributed by atoms with Crippen LogP contribution in [-0.2, 0) is 12.8 Å². The van der Waals surface area contributed by atoms with Crippen molar-refractivity contribution in [2.45, 2.75) is 44.9 Å². The normalized spacial score (nSPS) is 20.4. The van der Waals surface area contributed by atoms with Gasteiger partial charge in [0.15, 0.2) is 0 Å². The number of alkyl halides is 1. The second-order valence-electron chi connectivity index (χ2n) is 4.80. The molecule has 82 valence electrons. The van der Waals surface area contributed by atoms with Gasteiger partial charge >= 0.3 is 0 Å². The van der Waals surface area contributed by atoms with Gasteiger partial charge in [0.1, 0.15) is 0 Å². The molecule has 2 rings (SSSR count). The molecule has 1 atom stereocenters. The summed E-state index contributed by atoms with van der Waals surface area (Å²) in [6.07, 6.45) is 4.45. The molecule has 0 bridgehead atoms. The van der Waals surface area contributed by atoms with Crippen LogP contribution in [-0.4, -0.2) is 4.98 Å². The number of pyridine rings is 1. The zero-order valence-electron chi connectivity index (χ0n) is 9.46. The lowest BCUT2D eigenvalue weighted by Gasteiger charge is -2.20. The molecule has 0 fully saturated rings. The van der Waals surface area contributed by atoms with Crippen molar-refractivity contribution in [3.63, 3.8) is 0 Å². The van der Waals surface area contributed by atoms with Crippen molar-refractivity contribution >= 4 is 11.6 Å². The van der Waals surface area contributed by atoms with Crippen LogP contribution in [0, 0.1) is 5.92 Å². The number of fused-ring (bicyclic) bond motifs is 1. The fourth-order valence-corrected chi connectivity index (χ4v) is 2.53. The number of hydrogen-bond acceptors (Lipinski definition) is 1. The molecule has 0 radical (unpaired) electrons. The van der Waals surface area contributed by atoms with Crippen LogP contribution in [0.2, 0.25) is 0 Å². The first-order chi connectivity index (χ1) is 7.16. The third-order valence-electron chi connectivity index (χ3n) is 2.89. The van der Waals surface area contributed by atoms with Gasteiger partial charge in [-0.3, -0.25) is 4.98 Å². The lowest BCUT2D eigenvalue weighted by Crippen LogP contribution is -2.10. The number of aryl methyl sites for hydroxylation is 1. The van der Waals surface area contributed by atoms with Gasteiger partial charge in [0.05, 0.1) is 5.38 Å². The van der Waals surface area contributed by atoms with Gasteiger partial charge in [0.2, 0.25) is 0 Å². The minimum Gasteiger partial charge on any atom is -0.258 e. The van der Waals surface area contributed by atoms with Crippen molar-refractivity contribution < 1.29 is 0 Å². The predicted octanol–water partition coefficient (Wildman–Crippen LogP) is 3.90. The van der Waals surface area contributed by atoms with E-state index in [-0.39, 0.29) is 5.38 Å². The molecule has 1 unspecified atom stereocenters. The van der Waals surface area contributed by atoms with E-state index in [1.807, 2.05) is 0 Å². The number of aromatic nitrogens is 1. The van der Waals surface area contributed by atoms with E-state index in [0.717, 1.165) is 19.3 Å². The maximum Gasteiger partial charge on any atom is 0.0603 e. The summed E-state index contributed by atoms with van der Waals surface area (Å²) in [5, 5.41) is 0.189. The van der Waals surface area contributed by atoms with Gasteiger partial charge in [0.25, 0.3) is 0 Å². The Morgan fingerprint density at radius 1 is 1.47 bits per heavy atom. The van der Waals surface area contributed by atoms with E-state index in [0.29, 0.717) is 5.92 Å². The van der Waals surface area contributed by atoms with E-state index in [4.69, 9.17) is 16.6 Å². The Balaban J connectivity index is 2.25. The smallest absolute Gasteiger partial charge is 0.0603 e. The van der Waals surface area contributed by atoms with Gasteiger partial charge in [-0.25, -0.2) is 0 Å². The highest BCUT2D eigenvalue weighted by Crippen LogP contribution is 2.33. The van der Waals surface area contributed by atoms with Crippen LogP contribution in [0.5, 0.6) is 0 Å². The van der Waals surface area contributed by atoms with E-state index in [1.54, 1.807) is 0 Å². The van der Waals surface area contributed by atoms with Crippen molar-refractivity contribution in [2.24, 2.45) is 5.92 Å². The first kappa shape index (κ1) is 10.9. The van der Waals surface area contributed by atoms with Gasteiger partial charge in [-0.05, 0) is 43.2 Å². The van der Waals surface area contributed by atoms with Crippen LogP contribution in [0.1, 0.15) is 49.0 Å². The third kappa shape index (κ3) is 2.52. The molecule has 0 amide bonds. The fourth-order valence-electron chi connectivity index (χ4n) is 2.18. The molecular formula is C13H18ClN. The first-order valence-electron chi connectivity index (χ1n) is 5.79. The summed E-state index contributed by atoms with van der Waals surface area (Å²) in [5.74, 6) is 0.672. The van der Waals surface area contributed by atoms with Gasteiger partial charge in [-0.15, -0.1) is 11.6 Å². The quantitative estimate of drug-likeness (QED) is 0.694. The molecule has 0 N–H and O–H groups in total. The summed E-state index contributed by atoms with van der Waals surface area (Å²) in [6.45, 7) is 4.46. The van der Waals surface area contributed by atoms with Gasteiger partial charge in [-0.1, -0.05) is 19.9 Å². The molecule has 0 spiro atoms. The van der Waals surface area contributed by atoms with Gasteiger partial charge in [-0.2, -0.15) is 0 Å². The molecule has 0 aliphatic heterocycles. The van der Waals surface area contributed by atoms with E-state index in [9.17, 15) is 0 Å². The SMILES string of the molecule is CC(C)Cc1ccc2c(n1)CCCC2Cl. The van der Waals surface area contributed by atoms with E-state index in [1.165, 1.54) is 23.4 Å². The van der Waals surface area contributed by atoms with Crippen molar-refractivity contribution in [1.82, 2.24) is 4.98 Å². The molecule has 1 aromatic heterocycles.